The highest BCUT2D eigenvalue weighted by atomic mass is 35.5. The van der Waals surface area contributed by atoms with Gasteiger partial charge in [-0.25, -0.2) is 0 Å². The predicted octanol–water partition coefficient (Wildman–Crippen LogP) is 2.22. The maximum Gasteiger partial charge on any atom is 0.411 e. The first kappa shape index (κ1) is 22.7. The summed E-state index contributed by atoms with van der Waals surface area (Å²) >= 11 is 0. The average molecular weight is 396 g/mol. The number of hydrogen-bond acceptors (Lipinski definition) is 4. The lowest BCUT2D eigenvalue weighted by atomic mass is 10.1. The molecular weight excluding hydrogens is 371 g/mol. The SMILES string of the molecule is Cl.NC(C(=O)N1CCN(CCCOCC(F)(F)F)CC1)c1ccccc1. The maximum atomic E-state index is 12.5. The predicted molar refractivity (Wildman–Crippen MR) is 95.1 cm³/mol. The van der Waals surface area contributed by atoms with Gasteiger partial charge in [-0.3, -0.25) is 9.69 Å². The molecular formula is C17H25ClF3N3O2. The largest absolute Gasteiger partial charge is 0.411 e. The van der Waals surface area contributed by atoms with Gasteiger partial charge in [0.1, 0.15) is 12.6 Å². The highest BCUT2D eigenvalue weighted by Crippen LogP contribution is 2.15. The van der Waals surface area contributed by atoms with E-state index in [0.29, 0.717) is 39.1 Å². The molecule has 1 heterocycles. The van der Waals surface area contributed by atoms with Crippen LogP contribution in [-0.4, -0.2) is 67.8 Å². The van der Waals surface area contributed by atoms with Gasteiger partial charge in [-0.2, -0.15) is 13.2 Å². The van der Waals surface area contributed by atoms with Crippen molar-refractivity contribution in [3.8, 4) is 0 Å². The Bertz CT molecular complexity index is 538. The van der Waals surface area contributed by atoms with Gasteiger partial charge in [-0.15, -0.1) is 12.4 Å². The Balaban J connectivity index is 0.00000338. The fraction of sp³-hybridized carbons (Fsp3) is 0.588. The molecule has 2 rings (SSSR count). The number of ether oxygens (including phenoxy) is 1. The number of hydrogen-bond donors (Lipinski definition) is 1. The van der Waals surface area contributed by atoms with Gasteiger partial charge in [0.25, 0.3) is 0 Å². The smallest absolute Gasteiger partial charge is 0.372 e. The molecule has 0 bridgehead atoms. The molecule has 1 unspecified atom stereocenters. The van der Waals surface area contributed by atoms with Crippen molar-refractivity contribution in [1.29, 1.82) is 0 Å². The summed E-state index contributed by atoms with van der Waals surface area (Å²) in [5, 5.41) is 0. The van der Waals surface area contributed by atoms with Crippen LogP contribution in [0.3, 0.4) is 0 Å². The van der Waals surface area contributed by atoms with Crippen molar-refractivity contribution in [2.75, 3.05) is 45.9 Å². The van der Waals surface area contributed by atoms with Crippen LogP contribution in [0.25, 0.3) is 0 Å². The van der Waals surface area contributed by atoms with Crippen molar-refractivity contribution in [3.05, 3.63) is 35.9 Å². The molecule has 0 spiro atoms. The molecule has 9 heteroatoms. The molecule has 1 aromatic rings. The molecule has 26 heavy (non-hydrogen) atoms. The van der Waals surface area contributed by atoms with Crippen LogP contribution in [0.2, 0.25) is 0 Å². The number of nitrogens with zero attached hydrogens (tertiary/aromatic N) is 2. The summed E-state index contributed by atoms with van der Waals surface area (Å²) in [6.45, 7) is 2.05. The lowest BCUT2D eigenvalue weighted by Gasteiger charge is -2.36. The second-order valence-electron chi connectivity index (χ2n) is 6.08. The number of rotatable bonds is 7. The quantitative estimate of drug-likeness (QED) is 0.719. The molecule has 1 aliphatic rings. The van der Waals surface area contributed by atoms with E-state index in [2.05, 4.69) is 9.64 Å². The maximum absolute atomic E-state index is 12.5. The number of piperazine rings is 1. The zero-order chi connectivity index (χ0) is 18.3. The number of benzene rings is 1. The molecule has 0 saturated carbocycles. The van der Waals surface area contributed by atoms with Crippen LogP contribution in [0, 0.1) is 0 Å². The van der Waals surface area contributed by atoms with E-state index in [0.717, 1.165) is 5.56 Å². The fourth-order valence-electron chi connectivity index (χ4n) is 2.77. The molecule has 1 aromatic carbocycles. The van der Waals surface area contributed by atoms with Crippen LogP contribution in [0.15, 0.2) is 30.3 Å². The van der Waals surface area contributed by atoms with Crippen molar-refractivity contribution in [2.24, 2.45) is 5.73 Å². The molecule has 1 fully saturated rings. The Morgan fingerprint density at radius 1 is 1.15 bits per heavy atom. The van der Waals surface area contributed by atoms with Crippen molar-refractivity contribution in [3.63, 3.8) is 0 Å². The number of halogens is 4. The lowest BCUT2D eigenvalue weighted by Crippen LogP contribution is -2.51. The van der Waals surface area contributed by atoms with Crippen LogP contribution in [0.4, 0.5) is 13.2 Å². The summed E-state index contributed by atoms with van der Waals surface area (Å²) in [5.74, 6) is -0.0978. The highest BCUT2D eigenvalue weighted by molar-refractivity contribution is 5.85. The molecule has 0 aromatic heterocycles. The van der Waals surface area contributed by atoms with E-state index in [4.69, 9.17) is 5.73 Å². The van der Waals surface area contributed by atoms with Crippen LogP contribution in [-0.2, 0) is 9.53 Å². The molecule has 0 radical (unpaired) electrons. The topological polar surface area (TPSA) is 58.8 Å². The lowest BCUT2D eigenvalue weighted by molar-refractivity contribution is -0.174. The summed E-state index contributed by atoms with van der Waals surface area (Å²) in [5.41, 5.74) is 6.83. The number of alkyl halides is 3. The second kappa shape index (κ2) is 10.7. The Morgan fingerprint density at radius 3 is 2.35 bits per heavy atom. The normalized spacial score (nSPS) is 16.8. The third-order valence-corrected chi connectivity index (χ3v) is 4.14. The van der Waals surface area contributed by atoms with E-state index in [9.17, 15) is 18.0 Å². The standard InChI is InChI=1S/C17H24F3N3O2.ClH/c18-17(19,20)13-25-12-4-7-22-8-10-23(11-9-22)16(24)15(21)14-5-2-1-3-6-14;/h1-3,5-6,15H,4,7-13,21H2;1H. The summed E-state index contributed by atoms with van der Waals surface area (Å²) < 4.78 is 40.5. The van der Waals surface area contributed by atoms with Crippen molar-refractivity contribution < 1.29 is 22.7 Å². The van der Waals surface area contributed by atoms with Gasteiger partial charge in [-0.1, -0.05) is 30.3 Å². The first-order chi connectivity index (χ1) is 11.9. The van der Waals surface area contributed by atoms with Gasteiger partial charge in [0, 0.05) is 39.3 Å². The van der Waals surface area contributed by atoms with Crippen LogP contribution in [0.1, 0.15) is 18.0 Å². The molecule has 1 amide bonds. The van der Waals surface area contributed by atoms with Crippen molar-refractivity contribution in [2.45, 2.75) is 18.6 Å². The zero-order valence-corrected chi connectivity index (χ0v) is 15.3. The van der Waals surface area contributed by atoms with Gasteiger partial charge < -0.3 is 15.4 Å². The fourth-order valence-corrected chi connectivity index (χ4v) is 2.77. The summed E-state index contributed by atoms with van der Waals surface area (Å²) in [6, 6.07) is 8.57. The highest BCUT2D eigenvalue weighted by Gasteiger charge is 2.28. The summed E-state index contributed by atoms with van der Waals surface area (Å²) in [4.78, 5) is 16.3. The number of nitrogens with two attached hydrogens (primary N) is 1. The molecule has 1 aliphatic heterocycles. The zero-order valence-electron chi connectivity index (χ0n) is 14.5. The first-order valence-corrected chi connectivity index (χ1v) is 8.33. The summed E-state index contributed by atoms with van der Waals surface area (Å²) in [7, 11) is 0. The monoisotopic (exact) mass is 395 g/mol. The van der Waals surface area contributed by atoms with Crippen LogP contribution < -0.4 is 5.73 Å². The Labute approximate surface area is 157 Å². The molecule has 1 atom stereocenters. The van der Waals surface area contributed by atoms with Gasteiger partial charge in [0.15, 0.2) is 0 Å². The number of carbonyl (C=O) groups is 1. The van der Waals surface area contributed by atoms with Crippen LogP contribution in [0.5, 0.6) is 0 Å². The Morgan fingerprint density at radius 2 is 1.77 bits per heavy atom. The third-order valence-electron chi connectivity index (χ3n) is 4.14. The van der Waals surface area contributed by atoms with E-state index < -0.39 is 18.8 Å². The minimum Gasteiger partial charge on any atom is -0.372 e. The molecule has 2 N–H and O–H groups in total. The van der Waals surface area contributed by atoms with Crippen LogP contribution >= 0.6 is 12.4 Å². The number of carbonyl (C=O) groups excluding carboxylic acids is 1. The molecule has 5 nitrogen and oxygen atoms in total. The molecule has 148 valence electrons. The van der Waals surface area contributed by atoms with E-state index in [1.165, 1.54) is 0 Å². The second-order valence-corrected chi connectivity index (χ2v) is 6.08. The van der Waals surface area contributed by atoms with E-state index in [1.807, 2.05) is 30.3 Å². The average Bonchev–Trinajstić information content (AvgIpc) is 2.60. The number of amides is 1. The Hall–Kier alpha value is -1.35. The Kier molecular flexibility index (Phi) is 9.35. The molecule has 1 saturated heterocycles. The first-order valence-electron chi connectivity index (χ1n) is 8.33. The minimum absolute atomic E-state index is 0. The van der Waals surface area contributed by atoms with Gasteiger partial charge >= 0.3 is 6.18 Å². The van der Waals surface area contributed by atoms with Gasteiger partial charge in [0.05, 0.1) is 0 Å². The van der Waals surface area contributed by atoms with E-state index in [1.54, 1.807) is 4.90 Å². The third kappa shape index (κ3) is 7.49. The summed E-state index contributed by atoms with van der Waals surface area (Å²) in [6.07, 6.45) is -3.74. The molecule has 0 aliphatic carbocycles. The van der Waals surface area contributed by atoms with Crippen molar-refractivity contribution in [1.82, 2.24) is 9.80 Å². The van der Waals surface area contributed by atoms with E-state index in [-0.39, 0.29) is 24.9 Å². The minimum atomic E-state index is -4.27. The van der Waals surface area contributed by atoms with Gasteiger partial charge in [-0.05, 0) is 12.0 Å². The van der Waals surface area contributed by atoms with Crippen molar-refractivity contribution >= 4 is 18.3 Å². The van der Waals surface area contributed by atoms with Gasteiger partial charge in [0.2, 0.25) is 5.91 Å². The van der Waals surface area contributed by atoms with E-state index >= 15 is 0 Å².